The standard InChI is InChI=1S/C19H26F2O2/c1-3-13-4-6-14(7-5-13)16-10-22-19(23-11-16)15-8-17(20)12(2)18(21)9-15/h8-9,13-14,16,19H,3-7,10-11H2,1-2H3. The molecule has 1 aromatic rings. The first-order valence-electron chi connectivity index (χ1n) is 8.77. The zero-order chi connectivity index (χ0) is 16.4. The Balaban J connectivity index is 1.56. The van der Waals surface area contributed by atoms with Crippen LogP contribution in [0, 0.1) is 36.3 Å². The second kappa shape index (κ2) is 7.27. The molecule has 0 unspecified atom stereocenters. The van der Waals surface area contributed by atoms with E-state index in [1.807, 2.05) is 0 Å². The molecular weight excluding hydrogens is 298 g/mol. The normalized spacial score (nSPS) is 32.0. The molecule has 2 aliphatic rings. The number of rotatable bonds is 3. The first-order valence-corrected chi connectivity index (χ1v) is 8.77. The number of halogens is 2. The monoisotopic (exact) mass is 324 g/mol. The van der Waals surface area contributed by atoms with Crippen molar-refractivity contribution in [2.75, 3.05) is 13.2 Å². The van der Waals surface area contributed by atoms with Gasteiger partial charge in [0.05, 0.1) is 13.2 Å². The maximum atomic E-state index is 13.7. The average molecular weight is 324 g/mol. The Morgan fingerprint density at radius 3 is 2.04 bits per heavy atom. The molecule has 0 amide bonds. The van der Waals surface area contributed by atoms with E-state index < -0.39 is 17.9 Å². The molecule has 1 aromatic carbocycles. The highest BCUT2D eigenvalue weighted by Gasteiger charge is 2.32. The van der Waals surface area contributed by atoms with Crippen LogP contribution in [0.2, 0.25) is 0 Å². The van der Waals surface area contributed by atoms with Crippen molar-refractivity contribution in [3.05, 3.63) is 34.9 Å². The van der Waals surface area contributed by atoms with Crippen molar-refractivity contribution in [2.45, 2.75) is 52.2 Å². The van der Waals surface area contributed by atoms with Gasteiger partial charge in [-0.1, -0.05) is 26.2 Å². The topological polar surface area (TPSA) is 18.5 Å². The van der Waals surface area contributed by atoms with Crippen molar-refractivity contribution in [3.63, 3.8) is 0 Å². The van der Waals surface area contributed by atoms with Crippen LogP contribution in [-0.2, 0) is 9.47 Å². The number of hydrogen-bond acceptors (Lipinski definition) is 2. The van der Waals surface area contributed by atoms with E-state index in [1.54, 1.807) is 0 Å². The first kappa shape index (κ1) is 16.8. The van der Waals surface area contributed by atoms with Crippen LogP contribution in [0.3, 0.4) is 0 Å². The summed E-state index contributed by atoms with van der Waals surface area (Å²) in [7, 11) is 0. The lowest BCUT2D eigenvalue weighted by molar-refractivity contribution is -0.215. The minimum Gasteiger partial charge on any atom is -0.348 e. The molecule has 1 heterocycles. The van der Waals surface area contributed by atoms with Gasteiger partial charge in [0, 0.05) is 17.0 Å². The summed E-state index contributed by atoms with van der Waals surface area (Å²) in [4.78, 5) is 0. The van der Waals surface area contributed by atoms with Crippen molar-refractivity contribution < 1.29 is 18.3 Å². The molecular formula is C19H26F2O2. The van der Waals surface area contributed by atoms with E-state index in [0.717, 1.165) is 5.92 Å². The van der Waals surface area contributed by atoms with E-state index in [2.05, 4.69) is 6.92 Å². The molecule has 128 valence electrons. The lowest BCUT2D eigenvalue weighted by Crippen LogP contribution is -2.34. The van der Waals surface area contributed by atoms with E-state index in [9.17, 15) is 8.78 Å². The summed E-state index contributed by atoms with van der Waals surface area (Å²) < 4.78 is 38.9. The minimum absolute atomic E-state index is 0.0371. The van der Waals surface area contributed by atoms with Crippen molar-refractivity contribution in [1.82, 2.24) is 0 Å². The molecule has 0 radical (unpaired) electrons. The van der Waals surface area contributed by atoms with Crippen LogP contribution in [0.1, 0.15) is 56.4 Å². The molecule has 4 heteroatoms. The molecule has 23 heavy (non-hydrogen) atoms. The highest BCUT2D eigenvalue weighted by molar-refractivity contribution is 5.26. The fraction of sp³-hybridized carbons (Fsp3) is 0.684. The van der Waals surface area contributed by atoms with E-state index in [0.29, 0.717) is 30.6 Å². The molecule has 0 spiro atoms. The van der Waals surface area contributed by atoms with Gasteiger partial charge in [0.15, 0.2) is 6.29 Å². The fourth-order valence-corrected chi connectivity index (χ4v) is 3.85. The molecule has 2 fully saturated rings. The Kier molecular flexibility index (Phi) is 5.32. The van der Waals surface area contributed by atoms with Crippen LogP contribution in [0.15, 0.2) is 12.1 Å². The molecule has 1 saturated carbocycles. The van der Waals surface area contributed by atoms with E-state index in [-0.39, 0.29) is 5.56 Å². The van der Waals surface area contributed by atoms with Crippen LogP contribution < -0.4 is 0 Å². The Labute approximate surface area is 137 Å². The van der Waals surface area contributed by atoms with E-state index in [4.69, 9.17) is 9.47 Å². The molecule has 3 rings (SSSR count). The quantitative estimate of drug-likeness (QED) is 0.765. The Morgan fingerprint density at radius 1 is 0.957 bits per heavy atom. The maximum Gasteiger partial charge on any atom is 0.184 e. The van der Waals surface area contributed by atoms with Crippen LogP contribution in [0.4, 0.5) is 8.78 Å². The third-order valence-corrected chi connectivity index (χ3v) is 5.63. The van der Waals surface area contributed by atoms with Crippen molar-refractivity contribution in [3.8, 4) is 0 Å². The van der Waals surface area contributed by atoms with Gasteiger partial charge < -0.3 is 9.47 Å². The number of benzene rings is 1. The minimum atomic E-state index is -0.650. The molecule has 0 atom stereocenters. The summed E-state index contributed by atoms with van der Waals surface area (Å²) in [6.45, 7) is 4.93. The Morgan fingerprint density at radius 2 is 1.52 bits per heavy atom. The van der Waals surface area contributed by atoms with Gasteiger partial charge in [-0.25, -0.2) is 8.78 Å². The van der Waals surface area contributed by atoms with Crippen molar-refractivity contribution in [2.24, 2.45) is 17.8 Å². The molecule has 2 nitrogen and oxygen atoms in total. The third kappa shape index (κ3) is 3.74. The maximum absolute atomic E-state index is 13.7. The number of hydrogen-bond donors (Lipinski definition) is 0. The van der Waals surface area contributed by atoms with Crippen LogP contribution in [-0.4, -0.2) is 13.2 Å². The second-order valence-corrected chi connectivity index (χ2v) is 7.06. The predicted molar refractivity (Wildman–Crippen MR) is 85.0 cm³/mol. The van der Waals surface area contributed by atoms with E-state index >= 15 is 0 Å². The van der Waals surface area contributed by atoms with Crippen LogP contribution in [0.25, 0.3) is 0 Å². The smallest absolute Gasteiger partial charge is 0.184 e. The highest BCUT2D eigenvalue weighted by atomic mass is 19.1. The predicted octanol–water partition coefficient (Wildman–Crippen LogP) is 5.15. The summed E-state index contributed by atoms with van der Waals surface area (Å²) in [6.07, 6.45) is 5.72. The van der Waals surface area contributed by atoms with E-state index in [1.165, 1.54) is 51.2 Å². The Hall–Kier alpha value is -1.00. The van der Waals surface area contributed by atoms with Gasteiger partial charge in [0.2, 0.25) is 0 Å². The summed E-state index contributed by atoms with van der Waals surface area (Å²) in [5.41, 5.74) is 0.467. The lowest BCUT2D eigenvalue weighted by atomic mass is 9.75. The zero-order valence-electron chi connectivity index (χ0n) is 14.0. The van der Waals surface area contributed by atoms with Gasteiger partial charge in [0.1, 0.15) is 11.6 Å². The molecule has 1 saturated heterocycles. The largest absolute Gasteiger partial charge is 0.348 e. The van der Waals surface area contributed by atoms with Gasteiger partial charge >= 0.3 is 0 Å². The van der Waals surface area contributed by atoms with Gasteiger partial charge in [0.25, 0.3) is 0 Å². The van der Waals surface area contributed by atoms with Crippen LogP contribution in [0.5, 0.6) is 0 Å². The molecule has 1 aliphatic heterocycles. The van der Waals surface area contributed by atoms with Crippen molar-refractivity contribution >= 4 is 0 Å². The SMILES string of the molecule is CCC1CCC(C2COC(c3cc(F)c(C)c(F)c3)OC2)CC1. The third-order valence-electron chi connectivity index (χ3n) is 5.63. The molecule has 1 aliphatic carbocycles. The summed E-state index contributed by atoms with van der Waals surface area (Å²) in [6, 6.07) is 2.63. The first-order chi connectivity index (χ1) is 11.1. The molecule has 0 N–H and O–H groups in total. The summed E-state index contributed by atoms with van der Waals surface area (Å²) >= 11 is 0. The van der Waals surface area contributed by atoms with Gasteiger partial charge in [-0.3, -0.25) is 0 Å². The summed E-state index contributed by atoms with van der Waals surface area (Å²) in [5.74, 6) is 0.844. The van der Waals surface area contributed by atoms with Crippen LogP contribution >= 0.6 is 0 Å². The molecule has 0 bridgehead atoms. The number of ether oxygens (including phenoxy) is 2. The van der Waals surface area contributed by atoms with Gasteiger partial charge in [-0.15, -0.1) is 0 Å². The van der Waals surface area contributed by atoms with Crippen molar-refractivity contribution in [1.29, 1.82) is 0 Å². The van der Waals surface area contributed by atoms with Gasteiger partial charge in [-0.05, 0) is 43.7 Å². The summed E-state index contributed by atoms with van der Waals surface area (Å²) in [5, 5.41) is 0. The van der Waals surface area contributed by atoms with Gasteiger partial charge in [-0.2, -0.15) is 0 Å². The lowest BCUT2D eigenvalue weighted by Gasteiger charge is -2.37. The Bertz CT molecular complexity index is 507. The zero-order valence-corrected chi connectivity index (χ0v) is 14.0. The second-order valence-electron chi connectivity index (χ2n) is 7.06. The highest BCUT2D eigenvalue weighted by Crippen LogP contribution is 2.38. The fourth-order valence-electron chi connectivity index (χ4n) is 3.85. The molecule has 0 aromatic heterocycles. The average Bonchev–Trinajstić information content (AvgIpc) is 2.59.